The van der Waals surface area contributed by atoms with Gasteiger partial charge in [0.25, 0.3) is 0 Å². The van der Waals surface area contributed by atoms with E-state index in [-0.39, 0.29) is 11.9 Å². The quantitative estimate of drug-likeness (QED) is 0.834. The zero-order valence-electron chi connectivity index (χ0n) is 10.8. The van der Waals surface area contributed by atoms with Gasteiger partial charge in [-0.1, -0.05) is 24.3 Å². The molecule has 0 fully saturated rings. The summed E-state index contributed by atoms with van der Waals surface area (Å²) in [5.74, 6) is 0.956. The first-order valence-corrected chi connectivity index (χ1v) is 6.71. The molecule has 0 spiro atoms. The average Bonchev–Trinajstić information content (AvgIpc) is 2.85. The number of hydrogen-bond donors (Lipinski definition) is 2. The number of anilines is 2. The van der Waals surface area contributed by atoms with E-state index in [1.54, 1.807) is 0 Å². The van der Waals surface area contributed by atoms with Crippen molar-refractivity contribution in [1.29, 1.82) is 0 Å². The van der Waals surface area contributed by atoms with Gasteiger partial charge in [0.2, 0.25) is 5.91 Å². The second-order valence-corrected chi connectivity index (χ2v) is 5.15. The van der Waals surface area contributed by atoms with Crippen molar-refractivity contribution in [2.24, 2.45) is 0 Å². The van der Waals surface area contributed by atoms with Crippen LogP contribution in [0.1, 0.15) is 17.2 Å². The average molecular weight is 266 g/mol. The van der Waals surface area contributed by atoms with Gasteiger partial charge >= 0.3 is 0 Å². The first-order chi connectivity index (χ1) is 9.79. The van der Waals surface area contributed by atoms with Crippen molar-refractivity contribution in [3.63, 3.8) is 0 Å². The van der Waals surface area contributed by atoms with Gasteiger partial charge in [-0.3, -0.25) is 4.79 Å². The molecule has 20 heavy (non-hydrogen) atoms. The Hall–Kier alpha value is -2.49. The highest BCUT2D eigenvalue weighted by atomic mass is 16.5. The Labute approximate surface area is 116 Å². The van der Waals surface area contributed by atoms with Crippen LogP contribution in [-0.2, 0) is 11.2 Å². The lowest BCUT2D eigenvalue weighted by Gasteiger charge is -2.28. The Morgan fingerprint density at radius 2 is 2.00 bits per heavy atom. The first kappa shape index (κ1) is 11.3. The third-order valence-electron chi connectivity index (χ3n) is 3.78. The van der Waals surface area contributed by atoms with E-state index in [1.165, 1.54) is 0 Å². The summed E-state index contributed by atoms with van der Waals surface area (Å²) in [5.41, 5.74) is 4.15. The summed E-state index contributed by atoms with van der Waals surface area (Å²) in [6.45, 7) is 0.594. The Morgan fingerprint density at radius 1 is 1.10 bits per heavy atom. The maximum Gasteiger partial charge on any atom is 0.228 e. The van der Waals surface area contributed by atoms with Gasteiger partial charge in [0, 0.05) is 5.69 Å². The van der Waals surface area contributed by atoms with Crippen molar-refractivity contribution < 1.29 is 9.53 Å². The summed E-state index contributed by atoms with van der Waals surface area (Å²) < 4.78 is 5.79. The van der Waals surface area contributed by atoms with Gasteiger partial charge in [0.15, 0.2) is 0 Å². The van der Waals surface area contributed by atoms with Crippen LogP contribution in [0.4, 0.5) is 11.4 Å². The molecule has 2 aliphatic rings. The zero-order chi connectivity index (χ0) is 13.5. The molecule has 2 aliphatic heterocycles. The van der Waals surface area contributed by atoms with Gasteiger partial charge in [-0.2, -0.15) is 0 Å². The van der Waals surface area contributed by atoms with E-state index in [0.29, 0.717) is 13.0 Å². The number of nitrogens with one attached hydrogen (secondary N) is 2. The van der Waals surface area contributed by atoms with Crippen LogP contribution in [0.2, 0.25) is 0 Å². The SMILES string of the molecule is O=C1Cc2cc(C3COc4ccccc4N3)ccc2N1. The highest BCUT2D eigenvalue weighted by Gasteiger charge is 2.23. The summed E-state index contributed by atoms with van der Waals surface area (Å²) >= 11 is 0. The number of rotatable bonds is 1. The molecular formula is C16H14N2O2. The normalized spacial score (nSPS) is 19.4. The van der Waals surface area contributed by atoms with Crippen molar-refractivity contribution >= 4 is 17.3 Å². The number of carbonyl (C=O) groups is 1. The van der Waals surface area contributed by atoms with Gasteiger partial charge in [0.05, 0.1) is 18.2 Å². The second-order valence-electron chi connectivity index (χ2n) is 5.15. The lowest BCUT2D eigenvalue weighted by Crippen LogP contribution is -2.23. The van der Waals surface area contributed by atoms with Gasteiger partial charge in [0.1, 0.15) is 12.4 Å². The van der Waals surface area contributed by atoms with Crippen LogP contribution in [0.5, 0.6) is 5.75 Å². The molecule has 0 radical (unpaired) electrons. The third kappa shape index (κ3) is 1.81. The Balaban J connectivity index is 1.64. The van der Waals surface area contributed by atoms with Crippen LogP contribution in [0.15, 0.2) is 42.5 Å². The minimum atomic E-state index is 0.0651. The smallest absolute Gasteiger partial charge is 0.228 e. The molecule has 0 aliphatic carbocycles. The summed E-state index contributed by atoms with van der Waals surface area (Å²) in [6.07, 6.45) is 0.466. The monoisotopic (exact) mass is 266 g/mol. The van der Waals surface area contributed by atoms with Crippen LogP contribution in [0.3, 0.4) is 0 Å². The van der Waals surface area contributed by atoms with Crippen molar-refractivity contribution in [2.45, 2.75) is 12.5 Å². The standard InChI is InChI=1S/C16H14N2O2/c19-16-8-11-7-10(5-6-12(11)18-16)14-9-20-15-4-2-1-3-13(15)17-14/h1-7,14,17H,8-9H2,(H,18,19). The van der Waals surface area contributed by atoms with E-state index in [4.69, 9.17) is 4.74 Å². The van der Waals surface area contributed by atoms with E-state index >= 15 is 0 Å². The molecule has 2 aromatic rings. The van der Waals surface area contributed by atoms with Crippen LogP contribution in [-0.4, -0.2) is 12.5 Å². The molecule has 2 N–H and O–H groups in total. The number of ether oxygens (including phenoxy) is 1. The molecule has 1 amide bonds. The van der Waals surface area contributed by atoms with Crippen molar-refractivity contribution in [2.75, 3.05) is 17.2 Å². The molecule has 1 unspecified atom stereocenters. The molecule has 0 saturated carbocycles. The van der Waals surface area contributed by atoms with Crippen molar-refractivity contribution in [3.8, 4) is 5.75 Å². The molecule has 4 heteroatoms. The Morgan fingerprint density at radius 3 is 2.95 bits per heavy atom. The largest absolute Gasteiger partial charge is 0.489 e. The molecule has 0 bridgehead atoms. The number of amides is 1. The maximum absolute atomic E-state index is 11.4. The summed E-state index contributed by atoms with van der Waals surface area (Å²) in [6, 6.07) is 14.1. The maximum atomic E-state index is 11.4. The lowest BCUT2D eigenvalue weighted by atomic mass is 10.0. The number of carbonyl (C=O) groups excluding carboxylic acids is 1. The van der Waals surface area contributed by atoms with E-state index in [0.717, 1.165) is 28.3 Å². The molecule has 0 aromatic heterocycles. The predicted molar refractivity (Wildman–Crippen MR) is 77.1 cm³/mol. The number of benzene rings is 2. The first-order valence-electron chi connectivity index (χ1n) is 6.71. The van der Waals surface area contributed by atoms with Crippen molar-refractivity contribution in [1.82, 2.24) is 0 Å². The Bertz CT molecular complexity index is 697. The fourth-order valence-corrected chi connectivity index (χ4v) is 2.76. The van der Waals surface area contributed by atoms with Crippen LogP contribution in [0, 0.1) is 0 Å². The van der Waals surface area contributed by atoms with E-state index in [1.807, 2.05) is 36.4 Å². The third-order valence-corrected chi connectivity index (χ3v) is 3.78. The fourth-order valence-electron chi connectivity index (χ4n) is 2.76. The van der Waals surface area contributed by atoms with Crippen LogP contribution >= 0.6 is 0 Å². The lowest BCUT2D eigenvalue weighted by molar-refractivity contribution is -0.115. The van der Waals surface area contributed by atoms with E-state index < -0.39 is 0 Å². The summed E-state index contributed by atoms with van der Waals surface area (Å²) in [7, 11) is 0. The molecule has 100 valence electrons. The molecule has 0 saturated heterocycles. The van der Waals surface area contributed by atoms with Crippen LogP contribution in [0.25, 0.3) is 0 Å². The predicted octanol–water partition coefficient (Wildman–Crippen LogP) is 2.73. The minimum absolute atomic E-state index is 0.0651. The number of fused-ring (bicyclic) bond motifs is 2. The van der Waals surface area contributed by atoms with Gasteiger partial charge < -0.3 is 15.4 Å². The molecule has 2 heterocycles. The molecule has 1 atom stereocenters. The molecule has 2 aromatic carbocycles. The topological polar surface area (TPSA) is 50.4 Å². The second kappa shape index (κ2) is 4.27. The van der Waals surface area contributed by atoms with Gasteiger partial charge in [-0.05, 0) is 29.3 Å². The zero-order valence-corrected chi connectivity index (χ0v) is 10.8. The van der Waals surface area contributed by atoms with Crippen molar-refractivity contribution in [3.05, 3.63) is 53.6 Å². The van der Waals surface area contributed by atoms with E-state index in [2.05, 4.69) is 16.7 Å². The molecular weight excluding hydrogens is 252 g/mol. The van der Waals surface area contributed by atoms with Gasteiger partial charge in [-0.25, -0.2) is 0 Å². The Kier molecular flexibility index (Phi) is 2.42. The van der Waals surface area contributed by atoms with Crippen LogP contribution < -0.4 is 15.4 Å². The number of para-hydroxylation sites is 2. The molecule has 4 rings (SSSR count). The van der Waals surface area contributed by atoms with E-state index in [9.17, 15) is 4.79 Å². The molecule has 4 nitrogen and oxygen atoms in total. The summed E-state index contributed by atoms with van der Waals surface area (Å²) in [5, 5.41) is 6.34. The highest BCUT2D eigenvalue weighted by Crippen LogP contribution is 2.34. The van der Waals surface area contributed by atoms with Gasteiger partial charge in [-0.15, -0.1) is 0 Å². The fraction of sp³-hybridized carbons (Fsp3) is 0.188. The minimum Gasteiger partial charge on any atom is -0.489 e. The number of hydrogen-bond acceptors (Lipinski definition) is 3. The summed E-state index contributed by atoms with van der Waals surface area (Å²) in [4.78, 5) is 11.4. The highest BCUT2D eigenvalue weighted by molar-refractivity contribution is 5.99.